The summed E-state index contributed by atoms with van der Waals surface area (Å²) < 4.78 is 23.6. The number of carbonyl (C=O) groups excluding carboxylic acids is 1. The van der Waals surface area contributed by atoms with Gasteiger partial charge in [-0.05, 0) is 64.2 Å². The van der Waals surface area contributed by atoms with Gasteiger partial charge in [-0.2, -0.15) is 0 Å². The Bertz CT molecular complexity index is 1100. The van der Waals surface area contributed by atoms with Gasteiger partial charge in [0.15, 0.2) is 0 Å². The molecule has 3 atom stereocenters. The molecule has 346 valence electrons. The van der Waals surface area contributed by atoms with E-state index in [0.717, 1.165) is 44.9 Å². The molecule has 3 unspecified atom stereocenters. The van der Waals surface area contributed by atoms with Crippen LogP contribution >= 0.6 is 7.82 Å². The van der Waals surface area contributed by atoms with Gasteiger partial charge in [0.25, 0.3) is 0 Å². The minimum Gasteiger partial charge on any atom is -0.387 e. The highest BCUT2D eigenvalue weighted by molar-refractivity contribution is 7.47. The fourth-order valence-electron chi connectivity index (χ4n) is 6.85. The Balaban J connectivity index is 4.32. The average Bonchev–Trinajstić information content (AvgIpc) is 3.19. The molecule has 0 rings (SSSR count). The monoisotopic (exact) mass is 852 g/mol. The Morgan fingerprint density at radius 3 is 1.46 bits per heavy atom. The molecule has 1 amide bonds. The fraction of sp³-hybridized carbons (Fsp3) is 0.820. The number of hydrogen-bond donors (Lipinski definition) is 3. The molecule has 0 saturated heterocycles. The number of hydrogen-bond acceptors (Lipinski definition) is 5. The number of quaternary nitrogens is 1. The van der Waals surface area contributed by atoms with Crippen LogP contribution in [0.1, 0.15) is 213 Å². The van der Waals surface area contributed by atoms with Crippen LogP contribution in [0.25, 0.3) is 0 Å². The van der Waals surface area contributed by atoms with E-state index in [2.05, 4.69) is 55.6 Å². The van der Waals surface area contributed by atoms with E-state index in [9.17, 15) is 19.4 Å². The molecule has 0 heterocycles. The molecule has 0 bridgehead atoms. The lowest BCUT2D eigenvalue weighted by Crippen LogP contribution is -2.45. The number of aliphatic hydroxyl groups excluding tert-OH is 1. The molecule has 9 heteroatoms. The molecular weight excluding hydrogens is 756 g/mol. The molecular formula is C50H96N2O6P+. The van der Waals surface area contributed by atoms with Crippen molar-refractivity contribution in [1.82, 2.24) is 5.32 Å². The van der Waals surface area contributed by atoms with Crippen LogP contribution in [0.3, 0.4) is 0 Å². The lowest BCUT2D eigenvalue weighted by molar-refractivity contribution is -0.870. The van der Waals surface area contributed by atoms with Crippen molar-refractivity contribution in [2.45, 2.75) is 225 Å². The highest BCUT2D eigenvalue weighted by atomic mass is 31.2. The van der Waals surface area contributed by atoms with Crippen LogP contribution in [0.5, 0.6) is 0 Å². The maximum Gasteiger partial charge on any atom is 0.472 e. The van der Waals surface area contributed by atoms with Gasteiger partial charge in [0.2, 0.25) is 5.91 Å². The second-order valence-electron chi connectivity index (χ2n) is 17.8. The summed E-state index contributed by atoms with van der Waals surface area (Å²) in [4.78, 5) is 23.2. The van der Waals surface area contributed by atoms with E-state index in [1.165, 1.54) is 148 Å². The first-order valence-electron chi connectivity index (χ1n) is 24.5. The van der Waals surface area contributed by atoms with Crippen molar-refractivity contribution in [3.8, 4) is 0 Å². The van der Waals surface area contributed by atoms with Crippen LogP contribution in [-0.2, 0) is 18.4 Å². The van der Waals surface area contributed by atoms with E-state index in [4.69, 9.17) is 9.05 Å². The van der Waals surface area contributed by atoms with Gasteiger partial charge < -0.3 is 19.8 Å². The summed E-state index contributed by atoms with van der Waals surface area (Å²) >= 11 is 0. The van der Waals surface area contributed by atoms with Gasteiger partial charge in [-0.1, -0.05) is 191 Å². The zero-order valence-corrected chi connectivity index (χ0v) is 40.1. The summed E-state index contributed by atoms with van der Waals surface area (Å²) in [7, 11) is 1.55. The summed E-state index contributed by atoms with van der Waals surface area (Å²) in [6.45, 7) is 4.77. The number of rotatable bonds is 44. The lowest BCUT2D eigenvalue weighted by atomic mass is 10.0. The molecule has 0 spiro atoms. The van der Waals surface area contributed by atoms with E-state index in [1.807, 2.05) is 27.2 Å². The van der Waals surface area contributed by atoms with Crippen LogP contribution < -0.4 is 5.32 Å². The summed E-state index contributed by atoms with van der Waals surface area (Å²) in [5.41, 5.74) is 0. The third-order valence-electron chi connectivity index (χ3n) is 10.8. The van der Waals surface area contributed by atoms with Gasteiger partial charge in [0.1, 0.15) is 13.2 Å². The summed E-state index contributed by atoms with van der Waals surface area (Å²) in [6, 6.07) is -0.864. The van der Waals surface area contributed by atoms with Crippen LogP contribution in [0.15, 0.2) is 48.6 Å². The second-order valence-corrected chi connectivity index (χ2v) is 19.3. The first-order valence-corrected chi connectivity index (χ1v) is 26.0. The van der Waals surface area contributed by atoms with Crippen LogP contribution in [0, 0.1) is 0 Å². The van der Waals surface area contributed by atoms with Crippen LogP contribution in [0.2, 0.25) is 0 Å². The van der Waals surface area contributed by atoms with Crippen molar-refractivity contribution in [3.63, 3.8) is 0 Å². The Morgan fingerprint density at radius 1 is 0.576 bits per heavy atom. The number of unbranched alkanes of at least 4 members (excludes halogenated alkanes) is 25. The lowest BCUT2D eigenvalue weighted by Gasteiger charge is -2.25. The highest BCUT2D eigenvalue weighted by Gasteiger charge is 2.27. The number of allylic oxidation sites excluding steroid dienone is 7. The zero-order valence-electron chi connectivity index (χ0n) is 39.2. The third kappa shape index (κ3) is 44.3. The quantitative estimate of drug-likeness (QED) is 0.0244. The smallest absolute Gasteiger partial charge is 0.387 e. The first-order chi connectivity index (χ1) is 28.5. The van der Waals surface area contributed by atoms with Crippen LogP contribution in [0.4, 0.5) is 0 Å². The largest absolute Gasteiger partial charge is 0.472 e. The highest BCUT2D eigenvalue weighted by Crippen LogP contribution is 2.43. The summed E-state index contributed by atoms with van der Waals surface area (Å²) in [5.74, 6) is -0.190. The normalized spacial score (nSPS) is 14.6. The number of nitrogens with zero attached hydrogens (tertiary/aromatic N) is 1. The van der Waals surface area contributed by atoms with E-state index < -0.39 is 20.0 Å². The second kappa shape index (κ2) is 41.8. The van der Waals surface area contributed by atoms with Gasteiger partial charge in [0.05, 0.1) is 39.9 Å². The molecule has 0 aliphatic heterocycles. The van der Waals surface area contributed by atoms with Gasteiger partial charge >= 0.3 is 7.82 Å². The van der Waals surface area contributed by atoms with Gasteiger partial charge in [-0.15, -0.1) is 0 Å². The Morgan fingerprint density at radius 2 is 0.983 bits per heavy atom. The van der Waals surface area contributed by atoms with E-state index in [1.54, 1.807) is 6.08 Å². The van der Waals surface area contributed by atoms with Crippen molar-refractivity contribution >= 4 is 13.7 Å². The SMILES string of the molecule is CCCCCCC/C=C\C/C=C\CCCCCCCCCCCCCC(=O)NC(COP(=O)(O)OCC[N+](C)(C)C)C(O)/C=C/CC/C=C/CCCCCCCCCC. The minimum absolute atomic E-state index is 0.0549. The van der Waals surface area contributed by atoms with Crippen molar-refractivity contribution in [3.05, 3.63) is 48.6 Å². The summed E-state index contributed by atoms with van der Waals surface area (Å²) in [6.07, 6.45) is 53.3. The predicted molar refractivity (Wildman–Crippen MR) is 254 cm³/mol. The Hall–Kier alpha value is -1.54. The maximum absolute atomic E-state index is 12.9. The van der Waals surface area contributed by atoms with Crippen molar-refractivity contribution in [2.24, 2.45) is 0 Å². The number of phosphoric acid groups is 1. The number of nitrogens with one attached hydrogen (secondary N) is 1. The maximum atomic E-state index is 12.9. The van der Waals surface area contributed by atoms with E-state index in [-0.39, 0.29) is 19.1 Å². The number of phosphoric ester groups is 1. The fourth-order valence-corrected chi connectivity index (χ4v) is 7.59. The summed E-state index contributed by atoms with van der Waals surface area (Å²) in [5, 5.41) is 13.8. The van der Waals surface area contributed by atoms with Gasteiger partial charge in [0, 0.05) is 6.42 Å². The molecule has 0 aromatic rings. The standard InChI is InChI=1S/C50H95N2O6P/c1-6-8-10-12-14-16-18-20-22-23-24-25-26-27-28-29-30-32-34-36-38-40-42-44-50(54)51-48(47-58-59(55,56)57-46-45-52(3,4)5)49(53)43-41-39-37-35-33-31-21-19-17-15-13-11-9-7-2/h18,20,23-24,33,35,41,43,48-49,53H,6-17,19,21-22,25-32,34,36-40,42,44-47H2,1-5H3,(H-,51,54,55,56)/p+1/b20-18-,24-23-,35-33+,43-41+. The number of aliphatic hydroxyl groups is 1. The molecule has 0 aromatic carbocycles. The molecule has 3 N–H and O–H groups in total. The Labute approximate surface area is 365 Å². The Kier molecular flexibility index (Phi) is 40.7. The minimum atomic E-state index is -4.35. The van der Waals surface area contributed by atoms with Gasteiger partial charge in [-0.3, -0.25) is 13.8 Å². The van der Waals surface area contributed by atoms with Crippen molar-refractivity contribution < 1.29 is 32.9 Å². The number of carbonyl (C=O) groups is 1. The predicted octanol–water partition coefficient (Wildman–Crippen LogP) is 14.0. The number of likely N-dealkylation sites (N-methyl/N-ethyl adjacent to an activating group) is 1. The molecule has 0 fully saturated rings. The molecule has 0 aliphatic rings. The molecule has 0 aromatic heterocycles. The third-order valence-corrected chi connectivity index (χ3v) is 11.8. The molecule has 0 saturated carbocycles. The molecule has 0 aliphatic carbocycles. The molecule has 0 radical (unpaired) electrons. The topological polar surface area (TPSA) is 105 Å². The van der Waals surface area contributed by atoms with Crippen molar-refractivity contribution in [1.29, 1.82) is 0 Å². The van der Waals surface area contributed by atoms with E-state index in [0.29, 0.717) is 17.4 Å². The number of amides is 1. The van der Waals surface area contributed by atoms with Crippen LogP contribution in [-0.4, -0.2) is 73.4 Å². The van der Waals surface area contributed by atoms with Crippen molar-refractivity contribution in [2.75, 3.05) is 40.9 Å². The van der Waals surface area contributed by atoms with E-state index >= 15 is 0 Å². The average molecular weight is 852 g/mol. The first kappa shape index (κ1) is 57.5. The molecule has 8 nitrogen and oxygen atoms in total. The van der Waals surface area contributed by atoms with Gasteiger partial charge in [-0.25, -0.2) is 4.57 Å². The molecule has 59 heavy (non-hydrogen) atoms. The zero-order chi connectivity index (χ0) is 43.6.